The monoisotopic (exact) mass is 460 g/mol. The maximum Gasteiger partial charge on any atom is 0.416 e. The summed E-state index contributed by atoms with van der Waals surface area (Å²) < 4.78 is 48.6. The minimum Gasteiger partial charge on any atom is -0.489 e. The molecule has 0 aliphatic carbocycles. The van der Waals surface area contributed by atoms with Crippen molar-refractivity contribution in [1.82, 2.24) is 9.88 Å². The fraction of sp³-hybridized carbons (Fsp3) is 0.400. The quantitative estimate of drug-likeness (QED) is 0.485. The molecule has 0 spiro atoms. The second kappa shape index (κ2) is 9.09. The number of benzene rings is 2. The normalized spacial score (nSPS) is 16.2. The summed E-state index contributed by atoms with van der Waals surface area (Å²) in [6.07, 6.45) is -4.05. The Morgan fingerprint density at radius 3 is 2.70 bits per heavy atom. The molecule has 3 aromatic rings. The van der Waals surface area contributed by atoms with E-state index in [2.05, 4.69) is 9.88 Å². The average molecular weight is 460 g/mol. The van der Waals surface area contributed by atoms with Gasteiger partial charge in [0, 0.05) is 29.7 Å². The largest absolute Gasteiger partial charge is 0.489 e. The van der Waals surface area contributed by atoms with Gasteiger partial charge in [-0.15, -0.1) is 0 Å². The molecule has 1 aliphatic heterocycles. The zero-order chi connectivity index (χ0) is 23.8. The molecule has 0 bridgehead atoms. The Morgan fingerprint density at radius 2 is 2.00 bits per heavy atom. The summed E-state index contributed by atoms with van der Waals surface area (Å²) in [5.74, 6) is -0.195. The molecule has 2 N–H and O–H groups in total. The topological polar surface area (TPSA) is 63.5 Å². The van der Waals surface area contributed by atoms with Crippen LogP contribution in [0.3, 0.4) is 0 Å². The van der Waals surface area contributed by atoms with E-state index in [1.807, 2.05) is 32.0 Å². The predicted octanol–water partition coefficient (Wildman–Crippen LogP) is 5.56. The van der Waals surface area contributed by atoms with Crippen LogP contribution in [0.5, 0.6) is 5.75 Å². The van der Waals surface area contributed by atoms with Gasteiger partial charge in [-0.3, -0.25) is 4.79 Å². The van der Waals surface area contributed by atoms with E-state index in [1.54, 1.807) is 18.2 Å². The van der Waals surface area contributed by atoms with Crippen molar-refractivity contribution in [3.8, 4) is 5.75 Å². The minimum absolute atomic E-state index is 0.00593. The number of nitrogens with zero attached hydrogens (tertiary/aromatic N) is 1. The molecule has 1 atom stereocenters. The zero-order valence-electron chi connectivity index (χ0n) is 18.6. The first-order valence-corrected chi connectivity index (χ1v) is 11.0. The molecular formula is C25H27F3N2O3. The number of carboxylic acids is 1. The highest BCUT2D eigenvalue weighted by Gasteiger charge is 2.33. The molecule has 0 saturated carbocycles. The van der Waals surface area contributed by atoms with E-state index in [-0.39, 0.29) is 25.0 Å². The number of carboxylic acid groups (broad SMARTS) is 1. The zero-order valence-corrected chi connectivity index (χ0v) is 18.6. The molecule has 0 amide bonds. The molecule has 176 valence electrons. The number of carbonyl (C=O) groups is 1. The van der Waals surface area contributed by atoms with Crippen LogP contribution >= 0.6 is 0 Å². The second-order valence-corrected chi connectivity index (χ2v) is 8.92. The molecule has 5 nitrogen and oxygen atoms in total. The van der Waals surface area contributed by atoms with Crippen molar-refractivity contribution in [1.29, 1.82) is 0 Å². The summed E-state index contributed by atoms with van der Waals surface area (Å²) in [4.78, 5) is 11.2. The standard InChI is InChI=1S/C25H27F3N2O3/c1-15(2)9-17-4-3-16(10-20(17)25(26,27)28)14-33-19-5-6-22-18(11-19)12-23-21(13-24(31)32)29-7-8-30(22)23/h3-6,10-12,15,21,29H,7-9,13-14H2,1-2H3,(H,31,32). The van der Waals surface area contributed by atoms with E-state index in [0.717, 1.165) is 23.1 Å². The van der Waals surface area contributed by atoms with Crippen molar-refractivity contribution in [2.45, 2.75) is 52.1 Å². The number of nitrogens with one attached hydrogen (secondary N) is 1. The van der Waals surface area contributed by atoms with Crippen molar-refractivity contribution < 1.29 is 27.8 Å². The average Bonchev–Trinajstić information content (AvgIpc) is 3.10. The summed E-state index contributed by atoms with van der Waals surface area (Å²) in [6.45, 7) is 5.23. The molecule has 0 radical (unpaired) electrons. The first kappa shape index (κ1) is 23.2. The molecule has 1 unspecified atom stereocenters. The molecule has 4 rings (SSSR count). The van der Waals surface area contributed by atoms with Crippen molar-refractivity contribution in [3.05, 3.63) is 64.8 Å². The van der Waals surface area contributed by atoms with E-state index >= 15 is 0 Å². The Labute approximate surface area is 190 Å². The number of fused-ring (bicyclic) bond motifs is 3. The number of hydrogen-bond acceptors (Lipinski definition) is 3. The lowest BCUT2D eigenvalue weighted by atomic mass is 9.96. The van der Waals surface area contributed by atoms with E-state index in [4.69, 9.17) is 4.74 Å². The molecule has 8 heteroatoms. The van der Waals surface area contributed by atoms with Crippen LogP contribution in [0.1, 0.15) is 48.7 Å². The van der Waals surface area contributed by atoms with Crippen LogP contribution in [0.4, 0.5) is 13.2 Å². The first-order chi connectivity index (χ1) is 15.6. The Hall–Kier alpha value is -3.00. The number of halogens is 3. The van der Waals surface area contributed by atoms with Crippen LogP contribution in [-0.4, -0.2) is 22.2 Å². The maximum atomic E-state index is 13.6. The molecule has 1 aromatic heterocycles. The third-order valence-corrected chi connectivity index (χ3v) is 5.88. The van der Waals surface area contributed by atoms with Crippen LogP contribution in [-0.2, 0) is 30.5 Å². The van der Waals surface area contributed by atoms with Gasteiger partial charge in [0.25, 0.3) is 0 Å². The third-order valence-electron chi connectivity index (χ3n) is 5.88. The first-order valence-electron chi connectivity index (χ1n) is 11.0. The smallest absolute Gasteiger partial charge is 0.416 e. The number of ether oxygens (including phenoxy) is 1. The summed E-state index contributed by atoms with van der Waals surface area (Å²) in [5, 5.41) is 13.3. The van der Waals surface area contributed by atoms with Crippen molar-refractivity contribution in [2.75, 3.05) is 6.54 Å². The van der Waals surface area contributed by atoms with E-state index in [9.17, 15) is 23.1 Å². The van der Waals surface area contributed by atoms with Gasteiger partial charge in [0.05, 0.1) is 18.0 Å². The lowest BCUT2D eigenvalue weighted by Crippen LogP contribution is -2.34. The minimum atomic E-state index is -4.41. The second-order valence-electron chi connectivity index (χ2n) is 8.92. The van der Waals surface area contributed by atoms with E-state index < -0.39 is 17.7 Å². The van der Waals surface area contributed by atoms with Gasteiger partial charge >= 0.3 is 12.1 Å². The molecule has 33 heavy (non-hydrogen) atoms. The fourth-order valence-corrected chi connectivity index (χ4v) is 4.47. The number of alkyl halides is 3. The maximum absolute atomic E-state index is 13.6. The molecule has 1 aliphatic rings. The fourth-order valence-electron chi connectivity index (χ4n) is 4.47. The summed E-state index contributed by atoms with van der Waals surface area (Å²) >= 11 is 0. The van der Waals surface area contributed by atoms with Gasteiger partial charge in [-0.2, -0.15) is 13.2 Å². The SMILES string of the molecule is CC(C)Cc1ccc(COc2ccc3c(c2)cc2n3CCNC2CC(=O)O)cc1C(F)(F)F. The van der Waals surface area contributed by atoms with Gasteiger partial charge in [0.1, 0.15) is 12.4 Å². The van der Waals surface area contributed by atoms with Gasteiger partial charge in [-0.05, 0) is 53.8 Å². The number of aromatic nitrogens is 1. The van der Waals surface area contributed by atoms with E-state index in [0.29, 0.717) is 29.8 Å². The number of rotatable bonds is 7. The van der Waals surface area contributed by atoms with Crippen molar-refractivity contribution >= 4 is 16.9 Å². The summed E-state index contributed by atoms with van der Waals surface area (Å²) in [7, 11) is 0. The summed E-state index contributed by atoms with van der Waals surface area (Å²) in [6, 6.07) is 11.6. The van der Waals surface area contributed by atoms with Crippen LogP contribution in [0, 0.1) is 5.92 Å². The van der Waals surface area contributed by atoms with Gasteiger partial charge in [-0.25, -0.2) is 0 Å². The van der Waals surface area contributed by atoms with Crippen LogP contribution < -0.4 is 10.1 Å². The van der Waals surface area contributed by atoms with Gasteiger partial charge in [-0.1, -0.05) is 26.0 Å². The Morgan fingerprint density at radius 1 is 1.21 bits per heavy atom. The Bertz CT molecular complexity index is 1170. The molecule has 2 heterocycles. The predicted molar refractivity (Wildman–Crippen MR) is 119 cm³/mol. The van der Waals surface area contributed by atoms with Crippen LogP contribution in [0.25, 0.3) is 10.9 Å². The highest BCUT2D eigenvalue weighted by molar-refractivity contribution is 5.83. The highest BCUT2D eigenvalue weighted by atomic mass is 19.4. The van der Waals surface area contributed by atoms with Gasteiger partial charge in [0.15, 0.2) is 0 Å². The Balaban J connectivity index is 1.55. The summed E-state index contributed by atoms with van der Waals surface area (Å²) in [5.41, 5.74) is 2.03. The van der Waals surface area contributed by atoms with Crippen molar-refractivity contribution in [2.24, 2.45) is 5.92 Å². The third kappa shape index (κ3) is 5.16. The number of hydrogen-bond donors (Lipinski definition) is 2. The number of aliphatic carboxylic acids is 1. The lowest BCUT2D eigenvalue weighted by Gasteiger charge is -2.25. The highest BCUT2D eigenvalue weighted by Crippen LogP contribution is 2.35. The molecule has 0 saturated heterocycles. The van der Waals surface area contributed by atoms with Gasteiger partial charge in [0.2, 0.25) is 0 Å². The van der Waals surface area contributed by atoms with Crippen LogP contribution in [0.15, 0.2) is 42.5 Å². The van der Waals surface area contributed by atoms with E-state index in [1.165, 1.54) is 6.07 Å². The molecular weight excluding hydrogens is 433 g/mol. The van der Waals surface area contributed by atoms with Crippen molar-refractivity contribution in [3.63, 3.8) is 0 Å². The molecule has 0 fully saturated rings. The lowest BCUT2D eigenvalue weighted by molar-refractivity contribution is -0.139. The van der Waals surface area contributed by atoms with Gasteiger partial charge < -0.3 is 19.7 Å². The molecule has 2 aromatic carbocycles. The Kier molecular flexibility index (Phi) is 6.38. The van der Waals surface area contributed by atoms with Crippen LogP contribution in [0.2, 0.25) is 0 Å².